The first-order valence-electron chi connectivity index (χ1n) is 10.9. The molecule has 0 aliphatic carbocycles. The van der Waals surface area contributed by atoms with E-state index in [0.29, 0.717) is 17.0 Å². The van der Waals surface area contributed by atoms with Gasteiger partial charge >= 0.3 is 12.1 Å². The first-order valence-corrected chi connectivity index (χ1v) is 12.5. The zero-order valence-corrected chi connectivity index (χ0v) is 20.9. The minimum Gasteiger partial charge on any atom is -0.466 e. The van der Waals surface area contributed by atoms with Crippen LogP contribution in [0.1, 0.15) is 23.6 Å². The lowest BCUT2D eigenvalue weighted by Gasteiger charge is -2.23. The Morgan fingerprint density at radius 1 is 1.11 bits per heavy atom. The Labute approximate surface area is 215 Å². The highest BCUT2D eigenvalue weighted by atomic mass is 32.2. The largest absolute Gasteiger partial charge is 0.466 e. The van der Waals surface area contributed by atoms with E-state index in [1.165, 1.54) is 43.5 Å². The van der Waals surface area contributed by atoms with E-state index in [9.17, 15) is 36.3 Å². The van der Waals surface area contributed by atoms with E-state index in [0.717, 1.165) is 19.1 Å². The number of sulfone groups is 1. The topological polar surface area (TPSA) is 134 Å². The Morgan fingerprint density at radius 3 is 2.39 bits per heavy atom. The average molecular weight is 547 g/mol. The molecule has 1 atom stereocenters. The Balaban J connectivity index is 1.92. The van der Waals surface area contributed by atoms with Crippen LogP contribution in [0.15, 0.2) is 65.6 Å². The van der Waals surface area contributed by atoms with Crippen molar-refractivity contribution in [2.75, 3.05) is 18.2 Å². The number of halogens is 3. The van der Waals surface area contributed by atoms with Gasteiger partial charge in [-0.3, -0.25) is 4.79 Å². The normalized spacial score (nSPS) is 13.6. The molecule has 3 rings (SSSR count). The van der Waals surface area contributed by atoms with Gasteiger partial charge in [0.25, 0.3) is 5.91 Å². The number of nitriles is 1. The van der Waals surface area contributed by atoms with Crippen LogP contribution < -0.4 is 5.32 Å². The number of nitrogens with one attached hydrogen (secondary N) is 1. The van der Waals surface area contributed by atoms with E-state index in [-0.39, 0.29) is 16.0 Å². The number of rotatable bonds is 7. The maximum atomic E-state index is 13.3. The number of amides is 1. The van der Waals surface area contributed by atoms with E-state index >= 15 is 0 Å². The van der Waals surface area contributed by atoms with Crippen molar-refractivity contribution in [3.63, 3.8) is 0 Å². The van der Waals surface area contributed by atoms with Gasteiger partial charge in [-0.05, 0) is 48.2 Å². The summed E-state index contributed by atoms with van der Waals surface area (Å²) in [6, 6.07) is 12.9. The second-order valence-corrected chi connectivity index (χ2v) is 10.4. The minimum atomic E-state index is -4.88. The fraction of sp³-hybridized carbons (Fsp3) is 0.192. The number of carbonyl (C=O) groups is 2. The van der Waals surface area contributed by atoms with Crippen molar-refractivity contribution in [1.29, 1.82) is 5.26 Å². The van der Waals surface area contributed by atoms with Crippen molar-refractivity contribution < 1.29 is 41.0 Å². The van der Waals surface area contributed by atoms with E-state index < -0.39 is 50.4 Å². The highest BCUT2D eigenvalue weighted by Crippen LogP contribution is 2.34. The number of anilines is 1. The lowest BCUT2D eigenvalue weighted by atomic mass is 10.0. The number of hydrogen-bond donors (Lipinski definition) is 2. The van der Waals surface area contributed by atoms with Crippen LogP contribution in [-0.2, 0) is 30.3 Å². The summed E-state index contributed by atoms with van der Waals surface area (Å²) in [5.41, 5.74) is -4.38. The molecule has 3 aromatic rings. The molecule has 0 heterocycles. The van der Waals surface area contributed by atoms with Crippen molar-refractivity contribution in [3.8, 4) is 6.07 Å². The highest BCUT2D eigenvalue weighted by molar-refractivity contribution is 7.91. The highest BCUT2D eigenvalue weighted by Gasteiger charge is 2.38. The van der Waals surface area contributed by atoms with Crippen LogP contribution in [0.2, 0.25) is 0 Å². The number of aliphatic hydroxyl groups is 1. The fourth-order valence-electron chi connectivity index (χ4n) is 3.68. The van der Waals surface area contributed by atoms with Crippen LogP contribution in [0.3, 0.4) is 0 Å². The molecule has 0 spiro atoms. The maximum absolute atomic E-state index is 13.3. The molecule has 0 saturated heterocycles. The predicted molar refractivity (Wildman–Crippen MR) is 132 cm³/mol. The Bertz CT molecular complexity index is 1590. The Kier molecular flexibility index (Phi) is 7.95. The van der Waals surface area contributed by atoms with Gasteiger partial charge in [-0.25, -0.2) is 13.2 Å². The maximum Gasteiger partial charge on any atom is 0.417 e. The van der Waals surface area contributed by atoms with Crippen LogP contribution in [0.25, 0.3) is 16.8 Å². The summed E-state index contributed by atoms with van der Waals surface area (Å²) < 4.78 is 70.9. The van der Waals surface area contributed by atoms with Gasteiger partial charge in [0.05, 0.1) is 35.0 Å². The van der Waals surface area contributed by atoms with Crippen molar-refractivity contribution in [3.05, 3.63) is 77.4 Å². The summed E-state index contributed by atoms with van der Waals surface area (Å²) in [7, 11) is -3.12. The molecule has 0 saturated carbocycles. The molecular weight excluding hydrogens is 525 g/mol. The van der Waals surface area contributed by atoms with Gasteiger partial charge in [0.15, 0.2) is 15.4 Å². The lowest BCUT2D eigenvalue weighted by Crippen LogP contribution is -2.45. The summed E-state index contributed by atoms with van der Waals surface area (Å²) in [5, 5.41) is 22.5. The molecule has 0 fully saturated rings. The van der Waals surface area contributed by atoms with Crippen LogP contribution in [0.4, 0.5) is 18.9 Å². The molecule has 12 heteroatoms. The average Bonchev–Trinajstić information content (AvgIpc) is 2.85. The molecule has 0 radical (unpaired) electrons. The third-order valence-corrected chi connectivity index (χ3v) is 7.48. The van der Waals surface area contributed by atoms with Crippen LogP contribution in [0, 0.1) is 11.3 Å². The Morgan fingerprint density at radius 2 is 1.76 bits per heavy atom. The minimum absolute atomic E-state index is 0.200. The van der Waals surface area contributed by atoms with Gasteiger partial charge in [0, 0.05) is 17.1 Å². The number of methoxy groups -OCH3 is 1. The summed E-state index contributed by atoms with van der Waals surface area (Å²) in [6.07, 6.45) is -2.27. The number of benzene rings is 3. The number of nitrogens with zero attached hydrogens (tertiary/aromatic N) is 1. The standard InChI is InChI=1S/C26H21F3N2O6S/c1-25(34,24(33)31-18-11-9-17(14-30)21(13-18)26(27,28)29)15-38(35,36)22-8-4-6-19-16(5-3-7-20(19)22)10-12-23(32)37-2/h3-13,34H,15H2,1-2H3,(H,31,33). The fourth-order valence-corrected chi connectivity index (χ4v) is 5.51. The number of hydrogen-bond acceptors (Lipinski definition) is 7. The van der Waals surface area contributed by atoms with Gasteiger partial charge in [-0.1, -0.05) is 30.3 Å². The first-order chi connectivity index (χ1) is 17.7. The molecule has 0 aliphatic rings. The number of fused-ring (bicyclic) bond motifs is 1. The van der Waals surface area contributed by atoms with Crippen molar-refractivity contribution in [1.82, 2.24) is 0 Å². The van der Waals surface area contributed by atoms with Crippen molar-refractivity contribution in [2.24, 2.45) is 0 Å². The third-order valence-electron chi connectivity index (χ3n) is 5.51. The molecule has 8 nitrogen and oxygen atoms in total. The summed E-state index contributed by atoms with van der Waals surface area (Å²) in [4.78, 5) is 24.0. The molecule has 198 valence electrons. The zero-order chi connectivity index (χ0) is 28.3. The molecule has 2 N–H and O–H groups in total. The molecule has 1 unspecified atom stereocenters. The zero-order valence-electron chi connectivity index (χ0n) is 20.0. The molecule has 0 aliphatic heterocycles. The number of ether oxygens (including phenoxy) is 1. The third kappa shape index (κ3) is 6.19. The van der Waals surface area contributed by atoms with Crippen molar-refractivity contribution >= 4 is 44.2 Å². The monoisotopic (exact) mass is 546 g/mol. The number of alkyl halides is 3. The summed E-state index contributed by atoms with van der Waals surface area (Å²) in [6.45, 7) is 0.920. The van der Waals surface area contributed by atoms with E-state index in [4.69, 9.17) is 5.26 Å². The van der Waals surface area contributed by atoms with Gasteiger partial charge < -0.3 is 15.2 Å². The van der Waals surface area contributed by atoms with Crippen LogP contribution in [-0.4, -0.2) is 43.9 Å². The summed E-state index contributed by atoms with van der Waals surface area (Å²) in [5.74, 6) is -2.96. The van der Waals surface area contributed by atoms with Crippen molar-refractivity contribution in [2.45, 2.75) is 23.6 Å². The van der Waals surface area contributed by atoms with Gasteiger partial charge in [-0.2, -0.15) is 18.4 Å². The van der Waals surface area contributed by atoms with Gasteiger partial charge in [-0.15, -0.1) is 0 Å². The molecule has 38 heavy (non-hydrogen) atoms. The first kappa shape index (κ1) is 28.4. The van der Waals surface area contributed by atoms with E-state index in [1.54, 1.807) is 18.2 Å². The van der Waals surface area contributed by atoms with Crippen LogP contribution in [0.5, 0.6) is 0 Å². The molecular formula is C26H21F3N2O6S. The molecule has 0 aromatic heterocycles. The molecule has 3 aromatic carbocycles. The van der Waals surface area contributed by atoms with Gasteiger partial charge in [0.1, 0.15) is 0 Å². The molecule has 0 bridgehead atoms. The number of carbonyl (C=O) groups excluding carboxylic acids is 2. The lowest BCUT2D eigenvalue weighted by molar-refractivity contribution is -0.138. The smallest absolute Gasteiger partial charge is 0.417 e. The second-order valence-electron chi connectivity index (χ2n) is 8.41. The van der Waals surface area contributed by atoms with Gasteiger partial charge in [0.2, 0.25) is 0 Å². The predicted octanol–water partition coefficient (Wildman–Crippen LogP) is 4.08. The molecule has 1 amide bonds. The Hall–Kier alpha value is -4.21. The van der Waals surface area contributed by atoms with Crippen LogP contribution >= 0.6 is 0 Å². The SMILES string of the molecule is COC(=O)C=Cc1cccc2c(S(=O)(=O)CC(C)(O)C(=O)Nc3ccc(C#N)c(C(F)(F)F)c3)cccc12. The quantitative estimate of drug-likeness (QED) is 0.337. The number of esters is 1. The second kappa shape index (κ2) is 10.6. The summed E-state index contributed by atoms with van der Waals surface area (Å²) >= 11 is 0. The van der Waals surface area contributed by atoms with E-state index in [2.05, 4.69) is 10.1 Å². The van der Waals surface area contributed by atoms with E-state index in [1.807, 2.05) is 0 Å².